The number of rotatable bonds is 6. The van der Waals surface area contributed by atoms with E-state index in [-0.39, 0.29) is 17.1 Å². The monoisotopic (exact) mass is 363 g/mol. The van der Waals surface area contributed by atoms with Gasteiger partial charge in [0.1, 0.15) is 12.6 Å². The van der Waals surface area contributed by atoms with Gasteiger partial charge in [0.05, 0.1) is 17.3 Å². The normalized spacial score (nSPS) is 12.3. The molecule has 0 bridgehead atoms. The molecule has 0 radical (unpaired) electrons. The van der Waals surface area contributed by atoms with E-state index in [4.69, 9.17) is 9.15 Å². The van der Waals surface area contributed by atoms with Crippen molar-refractivity contribution in [3.8, 4) is 0 Å². The predicted molar refractivity (Wildman–Crippen MR) is 86.4 cm³/mol. The number of amides is 1. The van der Waals surface area contributed by atoms with E-state index in [9.17, 15) is 18.4 Å². The Morgan fingerprint density at radius 1 is 1.27 bits per heavy atom. The van der Waals surface area contributed by atoms with Crippen LogP contribution in [0.3, 0.4) is 0 Å². The number of para-hydroxylation sites is 2. The van der Waals surface area contributed by atoms with Gasteiger partial charge in [-0.25, -0.2) is 9.78 Å². The summed E-state index contributed by atoms with van der Waals surface area (Å²) in [7, 11) is 0. The van der Waals surface area contributed by atoms with Crippen molar-refractivity contribution in [2.75, 3.05) is 0 Å². The van der Waals surface area contributed by atoms with Crippen LogP contribution < -0.4 is 5.32 Å². The Morgan fingerprint density at radius 3 is 2.73 bits per heavy atom. The van der Waals surface area contributed by atoms with Gasteiger partial charge >= 0.3 is 12.5 Å². The maximum absolute atomic E-state index is 13.3. The van der Waals surface area contributed by atoms with Crippen molar-refractivity contribution in [1.29, 1.82) is 0 Å². The molecule has 7 nitrogen and oxygen atoms in total. The summed E-state index contributed by atoms with van der Waals surface area (Å²) in [6.45, 7) is -1.86. The molecule has 9 heteroatoms. The fraction of sp³-hybridized carbons (Fsp3) is 0.235. The molecule has 1 atom stereocenters. The van der Waals surface area contributed by atoms with Crippen molar-refractivity contribution in [3.05, 3.63) is 54.2 Å². The number of benzene rings is 1. The largest absolute Gasteiger partial charge is 0.459 e. The SMILES string of the molecule is C[C@H](NC(=O)c1ccco1)C(=O)OCc1nc2ccccc2n1C(F)F. The maximum Gasteiger partial charge on any atom is 0.328 e. The Bertz CT molecular complexity index is 921. The summed E-state index contributed by atoms with van der Waals surface area (Å²) in [5, 5.41) is 2.40. The van der Waals surface area contributed by atoms with E-state index in [2.05, 4.69) is 10.3 Å². The lowest BCUT2D eigenvalue weighted by Crippen LogP contribution is -2.39. The number of carbonyl (C=O) groups excluding carboxylic acids is 2. The third-order valence-electron chi connectivity index (χ3n) is 3.65. The van der Waals surface area contributed by atoms with E-state index in [1.54, 1.807) is 18.2 Å². The summed E-state index contributed by atoms with van der Waals surface area (Å²) in [6.07, 6.45) is 1.33. The molecule has 3 aromatic rings. The second kappa shape index (κ2) is 7.34. The second-order valence-electron chi connectivity index (χ2n) is 5.44. The smallest absolute Gasteiger partial charge is 0.328 e. The van der Waals surface area contributed by atoms with Gasteiger partial charge in [-0.15, -0.1) is 0 Å². The summed E-state index contributed by atoms with van der Waals surface area (Å²) in [5.41, 5.74) is 0.616. The second-order valence-corrected chi connectivity index (χ2v) is 5.44. The molecule has 0 spiro atoms. The quantitative estimate of drug-likeness (QED) is 0.681. The van der Waals surface area contributed by atoms with Crippen LogP contribution >= 0.6 is 0 Å². The number of hydrogen-bond acceptors (Lipinski definition) is 5. The van der Waals surface area contributed by atoms with Crippen LogP contribution in [0.2, 0.25) is 0 Å². The number of nitrogens with zero attached hydrogens (tertiary/aromatic N) is 2. The molecule has 1 amide bonds. The first-order valence-corrected chi connectivity index (χ1v) is 7.72. The number of aromatic nitrogens is 2. The first kappa shape index (κ1) is 17.6. The lowest BCUT2D eigenvalue weighted by molar-refractivity contribution is -0.147. The van der Waals surface area contributed by atoms with Gasteiger partial charge in [-0.2, -0.15) is 8.78 Å². The molecule has 2 aromatic heterocycles. The molecule has 3 rings (SSSR count). The standard InChI is InChI=1S/C17H15F2N3O4/c1-10(20-15(23)13-7-4-8-25-13)16(24)26-9-14-21-11-5-2-3-6-12(11)22(14)17(18)19/h2-8,10,17H,9H2,1H3,(H,20,23)/t10-/m0/s1. The number of imidazole rings is 1. The molecule has 0 aliphatic heterocycles. The maximum atomic E-state index is 13.3. The van der Waals surface area contributed by atoms with Gasteiger partial charge in [0.25, 0.3) is 5.91 Å². The van der Waals surface area contributed by atoms with Crippen molar-refractivity contribution < 1.29 is 27.5 Å². The van der Waals surface area contributed by atoms with Gasteiger partial charge in [0, 0.05) is 0 Å². The van der Waals surface area contributed by atoms with Crippen LogP contribution in [-0.2, 0) is 16.1 Å². The van der Waals surface area contributed by atoms with E-state index in [1.807, 2.05) is 0 Å². The fourth-order valence-corrected chi connectivity index (χ4v) is 2.41. The molecular weight excluding hydrogens is 348 g/mol. The zero-order valence-electron chi connectivity index (χ0n) is 13.7. The summed E-state index contributed by atoms with van der Waals surface area (Å²) in [4.78, 5) is 27.9. The molecule has 0 aliphatic carbocycles. The summed E-state index contributed by atoms with van der Waals surface area (Å²) >= 11 is 0. The molecule has 1 N–H and O–H groups in total. The van der Waals surface area contributed by atoms with Crippen molar-refractivity contribution >= 4 is 22.9 Å². The molecule has 1 aromatic carbocycles. The predicted octanol–water partition coefficient (Wildman–Crippen LogP) is 2.89. The highest BCUT2D eigenvalue weighted by atomic mass is 19.3. The minimum atomic E-state index is -2.83. The number of nitrogens with one attached hydrogen (secondary N) is 1. The molecule has 0 fully saturated rings. The first-order chi connectivity index (χ1) is 12.5. The van der Waals surface area contributed by atoms with Gasteiger partial charge in [0.2, 0.25) is 0 Å². The van der Waals surface area contributed by atoms with E-state index in [0.717, 1.165) is 0 Å². The van der Waals surface area contributed by atoms with Crippen molar-refractivity contribution in [2.24, 2.45) is 0 Å². The Morgan fingerprint density at radius 2 is 2.04 bits per heavy atom. The van der Waals surface area contributed by atoms with E-state index in [1.165, 1.54) is 31.4 Å². The fourth-order valence-electron chi connectivity index (χ4n) is 2.41. The molecule has 0 saturated heterocycles. The highest BCUT2D eigenvalue weighted by Crippen LogP contribution is 2.23. The Balaban J connectivity index is 1.66. The van der Waals surface area contributed by atoms with Crippen LogP contribution in [-0.4, -0.2) is 27.5 Å². The zero-order chi connectivity index (χ0) is 18.7. The van der Waals surface area contributed by atoms with Crippen molar-refractivity contribution in [2.45, 2.75) is 26.1 Å². The number of carbonyl (C=O) groups is 2. The van der Waals surface area contributed by atoms with Crippen molar-refractivity contribution in [3.63, 3.8) is 0 Å². The van der Waals surface area contributed by atoms with Gasteiger partial charge in [-0.3, -0.25) is 9.36 Å². The zero-order valence-corrected chi connectivity index (χ0v) is 13.7. The lowest BCUT2D eigenvalue weighted by Gasteiger charge is -2.13. The van der Waals surface area contributed by atoms with E-state index >= 15 is 0 Å². The third-order valence-corrected chi connectivity index (χ3v) is 3.65. The summed E-state index contributed by atoms with van der Waals surface area (Å²) in [5.74, 6) is -1.40. The van der Waals surface area contributed by atoms with Gasteiger partial charge in [-0.05, 0) is 31.2 Å². The topological polar surface area (TPSA) is 86.4 Å². The van der Waals surface area contributed by atoms with Gasteiger partial charge in [0.15, 0.2) is 11.6 Å². The van der Waals surface area contributed by atoms with Crippen LogP contribution in [0, 0.1) is 0 Å². The van der Waals surface area contributed by atoms with Crippen LogP contribution in [0.1, 0.15) is 29.9 Å². The Labute approximate surface area is 146 Å². The van der Waals surface area contributed by atoms with Crippen LogP contribution in [0.4, 0.5) is 8.78 Å². The molecule has 0 aliphatic rings. The van der Waals surface area contributed by atoms with Crippen LogP contribution in [0.25, 0.3) is 11.0 Å². The van der Waals surface area contributed by atoms with Crippen LogP contribution in [0.15, 0.2) is 47.1 Å². The minimum Gasteiger partial charge on any atom is -0.459 e. The number of hydrogen-bond donors (Lipinski definition) is 1. The minimum absolute atomic E-state index is 0.0455. The highest BCUT2D eigenvalue weighted by Gasteiger charge is 2.22. The summed E-state index contributed by atoms with van der Waals surface area (Å²) in [6, 6.07) is 8.37. The molecular formula is C17H15F2N3O4. The van der Waals surface area contributed by atoms with E-state index < -0.39 is 31.1 Å². The number of halogens is 2. The van der Waals surface area contributed by atoms with E-state index in [0.29, 0.717) is 10.1 Å². The number of fused-ring (bicyclic) bond motifs is 1. The Kier molecular flexibility index (Phi) is 4.97. The first-order valence-electron chi connectivity index (χ1n) is 7.72. The number of alkyl halides is 2. The highest BCUT2D eigenvalue weighted by molar-refractivity contribution is 5.94. The van der Waals surface area contributed by atoms with Gasteiger partial charge < -0.3 is 14.5 Å². The molecule has 136 valence electrons. The average Bonchev–Trinajstić information content (AvgIpc) is 3.26. The third kappa shape index (κ3) is 3.56. The molecule has 26 heavy (non-hydrogen) atoms. The number of esters is 1. The molecule has 0 saturated carbocycles. The van der Waals surface area contributed by atoms with Crippen molar-refractivity contribution in [1.82, 2.24) is 14.9 Å². The summed E-state index contributed by atoms with van der Waals surface area (Å²) < 4.78 is 37.3. The van der Waals surface area contributed by atoms with Gasteiger partial charge in [-0.1, -0.05) is 12.1 Å². The lowest BCUT2D eigenvalue weighted by atomic mass is 10.3. The molecule has 2 heterocycles. The number of furan rings is 1. The molecule has 0 unspecified atom stereocenters. The Hall–Kier alpha value is -3.23. The average molecular weight is 363 g/mol. The van der Waals surface area contributed by atoms with Crippen LogP contribution in [0.5, 0.6) is 0 Å². The number of ether oxygens (including phenoxy) is 1.